The minimum absolute atomic E-state index is 0.0232. The van der Waals surface area contributed by atoms with E-state index in [1.54, 1.807) is 36.3 Å². The van der Waals surface area contributed by atoms with Gasteiger partial charge in [0.25, 0.3) is 10.0 Å². The lowest BCUT2D eigenvalue weighted by Crippen LogP contribution is -2.28. The van der Waals surface area contributed by atoms with Crippen molar-refractivity contribution in [3.63, 3.8) is 0 Å². The van der Waals surface area contributed by atoms with E-state index in [1.165, 1.54) is 23.9 Å². The topological polar surface area (TPSA) is 75.7 Å². The number of hydrogen-bond donors (Lipinski definition) is 1. The van der Waals surface area contributed by atoms with Gasteiger partial charge in [-0.25, -0.2) is 12.8 Å². The Bertz CT molecular complexity index is 1250. The van der Waals surface area contributed by atoms with E-state index < -0.39 is 15.8 Å². The largest absolute Gasteiger partial charge is 0.495 e. The summed E-state index contributed by atoms with van der Waals surface area (Å²) in [5.74, 6) is 0.414. The number of ether oxygens (including phenoxy) is 1. The molecule has 1 aliphatic heterocycles. The summed E-state index contributed by atoms with van der Waals surface area (Å²) in [6, 6.07) is 17.2. The van der Waals surface area contributed by atoms with Crippen LogP contribution in [0.4, 0.5) is 15.8 Å². The van der Waals surface area contributed by atoms with E-state index in [2.05, 4.69) is 4.72 Å². The molecule has 0 saturated carbocycles. The molecule has 32 heavy (non-hydrogen) atoms. The molecular formula is C23H21FN2O4S2. The summed E-state index contributed by atoms with van der Waals surface area (Å²) in [7, 11) is -2.27. The van der Waals surface area contributed by atoms with Crippen LogP contribution in [0.1, 0.15) is 16.5 Å². The second kappa shape index (κ2) is 8.84. The molecule has 1 aliphatic rings. The first kappa shape index (κ1) is 22.2. The molecule has 4 rings (SSSR count). The fourth-order valence-electron chi connectivity index (χ4n) is 3.46. The molecule has 0 aromatic heterocycles. The van der Waals surface area contributed by atoms with E-state index in [-0.39, 0.29) is 16.2 Å². The van der Waals surface area contributed by atoms with Crippen LogP contribution < -0.4 is 14.4 Å². The maximum absolute atomic E-state index is 13.1. The molecule has 0 aliphatic carbocycles. The van der Waals surface area contributed by atoms with Crippen molar-refractivity contribution in [2.75, 3.05) is 22.5 Å². The highest BCUT2D eigenvalue weighted by Crippen LogP contribution is 2.45. The van der Waals surface area contributed by atoms with Crippen molar-refractivity contribution < 1.29 is 22.3 Å². The van der Waals surface area contributed by atoms with E-state index in [1.807, 2.05) is 25.1 Å². The zero-order valence-corrected chi connectivity index (χ0v) is 19.0. The Morgan fingerprint density at radius 1 is 1.06 bits per heavy atom. The Labute approximate surface area is 190 Å². The molecule has 1 N–H and O–H groups in total. The van der Waals surface area contributed by atoms with Gasteiger partial charge >= 0.3 is 0 Å². The highest BCUT2D eigenvalue weighted by atomic mass is 32.2. The van der Waals surface area contributed by atoms with Crippen molar-refractivity contribution in [1.82, 2.24) is 0 Å². The lowest BCUT2D eigenvalue weighted by atomic mass is 10.1. The average molecular weight is 473 g/mol. The number of aryl methyl sites for hydroxylation is 1. The molecule has 166 valence electrons. The molecule has 1 amide bonds. The molecule has 9 heteroatoms. The number of rotatable bonds is 6. The van der Waals surface area contributed by atoms with Crippen molar-refractivity contribution in [3.8, 4) is 5.75 Å². The van der Waals surface area contributed by atoms with Crippen molar-refractivity contribution in [3.05, 3.63) is 83.7 Å². The van der Waals surface area contributed by atoms with Gasteiger partial charge in [0, 0.05) is 5.69 Å². The van der Waals surface area contributed by atoms with E-state index in [0.29, 0.717) is 22.9 Å². The number of benzene rings is 3. The average Bonchev–Trinajstić information content (AvgIpc) is 3.15. The standard InChI is InChI=1S/C23H21FN2O4S2/c1-15-3-12-21(30-2)20(13-15)26-22(27)14-31-23(26)16-4-8-18(9-5-16)25-32(28,29)19-10-6-17(24)7-11-19/h3-13,23,25H,14H2,1-2H3. The van der Waals surface area contributed by atoms with Gasteiger partial charge in [0.1, 0.15) is 16.9 Å². The van der Waals surface area contributed by atoms with E-state index >= 15 is 0 Å². The molecule has 1 heterocycles. The number of nitrogens with zero attached hydrogens (tertiary/aromatic N) is 1. The second-order valence-electron chi connectivity index (χ2n) is 7.28. The number of carbonyl (C=O) groups is 1. The highest BCUT2D eigenvalue weighted by molar-refractivity contribution is 8.00. The van der Waals surface area contributed by atoms with Gasteiger partial charge in [-0.1, -0.05) is 18.2 Å². The third-order valence-corrected chi connectivity index (χ3v) is 7.64. The zero-order chi connectivity index (χ0) is 22.9. The lowest BCUT2D eigenvalue weighted by molar-refractivity contribution is -0.115. The van der Waals surface area contributed by atoms with Crippen molar-refractivity contribution in [2.45, 2.75) is 17.2 Å². The van der Waals surface area contributed by atoms with Crippen LogP contribution in [-0.4, -0.2) is 27.2 Å². The lowest BCUT2D eigenvalue weighted by Gasteiger charge is -2.26. The Kier molecular flexibility index (Phi) is 6.12. The Morgan fingerprint density at radius 2 is 1.75 bits per heavy atom. The van der Waals surface area contributed by atoms with Crippen molar-refractivity contribution >= 4 is 39.1 Å². The van der Waals surface area contributed by atoms with Crippen LogP contribution in [0.25, 0.3) is 0 Å². The molecule has 6 nitrogen and oxygen atoms in total. The number of sulfonamides is 1. The van der Waals surface area contributed by atoms with Gasteiger partial charge in [-0.2, -0.15) is 0 Å². The third-order valence-electron chi connectivity index (χ3n) is 5.03. The fraction of sp³-hybridized carbons (Fsp3) is 0.174. The smallest absolute Gasteiger partial charge is 0.261 e. The van der Waals surface area contributed by atoms with Gasteiger partial charge in [0.15, 0.2) is 0 Å². The number of hydrogen-bond acceptors (Lipinski definition) is 5. The van der Waals surface area contributed by atoms with Gasteiger partial charge in [-0.15, -0.1) is 11.8 Å². The summed E-state index contributed by atoms with van der Waals surface area (Å²) in [5.41, 5.74) is 2.93. The minimum atomic E-state index is -3.84. The molecular weight excluding hydrogens is 451 g/mol. The Morgan fingerprint density at radius 3 is 2.41 bits per heavy atom. The normalized spacial score (nSPS) is 16.3. The summed E-state index contributed by atoms with van der Waals surface area (Å²) in [6.07, 6.45) is 0. The van der Waals surface area contributed by atoms with E-state index in [4.69, 9.17) is 4.74 Å². The molecule has 3 aromatic rings. The van der Waals surface area contributed by atoms with Crippen LogP contribution in [0.15, 0.2) is 71.6 Å². The van der Waals surface area contributed by atoms with Crippen LogP contribution >= 0.6 is 11.8 Å². The highest BCUT2D eigenvalue weighted by Gasteiger charge is 2.35. The first-order valence-corrected chi connectivity index (χ1v) is 12.3. The van der Waals surface area contributed by atoms with Crippen molar-refractivity contribution in [1.29, 1.82) is 0 Å². The molecule has 0 spiro atoms. The molecule has 1 fully saturated rings. The molecule has 1 atom stereocenters. The SMILES string of the molecule is COc1ccc(C)cc1N1C(=O)CSC1c1ccc(NS(=O)(=O)c2ccc(F)cc2)cc1. The second-order valence-corrected chi connectivity index (χ2v) is 10.0. The predicted octanol–water partition coefficient (Wildman–Crippen LogP) is 4.72. The van der Waals surface area contributed by atoms with Crippen LogP contribution in [0.2, 0.25) is 0 Å². The number of methoxy groups -OCH3 is 1. The summed E-state index contributed by atoms with van der Waals surface area (Å²) >= 11 is 1.50. The van der Waals surface area contributed by atoms with Crippen LogP contribution in [0.5, 0.6) is 5.75 Å². The van der Waals surface area contributed by atoms with Crippen LogP contribution in [-0.2, 0) is 14.8 Å². The van der Waals surface area contributed by atoms with Gasteiger partial charge in [-0.05, 0) is 66.6 Å². The molecule has 1 saturated heterocycles. The number of nitrogens with one attached hydrogen (secondary N) is 1. The number of amides is 1. The summed E-state index contributed by atoms with van der Waals surface area (Å²) < 4.78 is 46.1. The fourth-order valence-corrected chi connectivity index (χ4v) is 5.69. The Balaban J connectivity index is 1.59. The quantitative estimate of drug-likeness (QED) is 0.562. The summed E-state index contributed by atoms with van der Waals surface area (Å²) in [5, 5.41) is -0.263. The minimum Gasteiger partial charge on any atom is -0.495 e. The first-order chi connectivity index (χ1) is 15.3. The molecule has 0 radical (unpaired) electrons. The third kappa shape index (κ3) is 4.44. The van der Waals surface area contributed by atoms with E-state index in [0.717, 1.165) is 23.3 Å². The van der Waals surface area contributed by atoms with Gasteiger partial charge in [-0.3, -0.25) is 14.4 Å². The monoisotopic (exact) mass is 472 g/mol. The Hall–Kier alpha value is -3.04. The maximum atomic E-state index is 13.1. The zero-order valence-electron chi connectivity index (χ0n) is 17.4. The van der Waals surface area contributed by atoms with Gasteiger partial charge < -0.3 is 4.74 Å². The molecule has 0 bridgehead atoms. The summed E-state index contributed by atoms with van der Waals surface area (Å²) in [4.78, 5) is 14.4. The van der Waals surface area contributed by atoms with Gasteiger partial charge in [0.05, 0.1) is 23.4 Å². The molecule has 3 aromatic carbocycles. The maximum Gasteiger partial charge on any atom is 0.261 e. The number of halogens is 1. The van der Waals surface area contributed by atoms with Crippen molar-refractivity contribution in [2.24, 2.45) is 0 Å². The van der Waals surface area contributed by atoms with Crippen LogP contribution in [0, 0.1) is 12.7 Å². The molecule has 1 unspecified atom stereocenters. The number of anilines is 2. The summed E-state index contributed by atoms with van der Waals surface area (Å²) in [6.45, 7) is 1.95. The van der Waals surface area contributed by atoms with E-state index in [9.17, 15) is 17.6 Å². The predicted molar refractivity (Wildman–Crippen MR) is 124 cm³/mol. The van der Waals surface area contributed by atoms with Gasteiger partial charge in [0.2, 0.25) is 5.91 Å². The van der Waals surface area contributed by atoms with Crippen LogP contribution in [0.3, 0.4) is 0 Å². The number of thioether (sulfide) groups is 1. The number of carbonyl (C=O) groups excluding carboxylic acids is 1. The first-order valence-electron chi connectivity index (χ1n) is 9.75.